The van der Waals surface area contributed by atoms with Gasteiger partial charge in [-0.3, -0.25) is 10.1 Å². The second-order valence-electron chi connectivity index (χ2n) is 4.33. The van der Waals surface area contributed by atoms with Crippen LogP contribution in [-0.4, -0.2) is 10.0 Å². The van der Waals surface area contributed by atoms with E-state index in [-0.39, 0.29) is 27.8 Å². The van der Waals surface area contributed by atoms with Crippen LogP contribution in [0.25, 0.3) is 0 Å². The van der Waals surface area contributed by atoms with Crippen LogP contribution in [0.15, 0.2) is 36.4 Å². The van der Waals surface area contributed by atoms with Gasteiger partial charge in [0.25, 0.3) is 5.69 Å². The minimum absolute atomic E-state index is 0.0550. The van der Waals surface area contributed by atoms with Crippen LogP contribution in [0.3, 0.4) is 0 Å². The average Bonchev–Trinajstić information content (AvgIpc) is 2.42. The molecule has 0 aliphatic rings. The number of hydrogen-bond donors (Lipinski definition) is 1. The summed E-state index contributed by atoms with van der Waals surface area (Å²) in [6, 6.07) is 7.36. The van der Waals surface area contributed by atoms with Crippen molar-refractivity contribution in [3.05, 3.63) is 62.9 Å². The molecule has 0 aliphatic carbocycles. The molecule has 2 aromatic carbocycles. The molecule has 0 unspecified atom stereocenters. The lowest BCUT2D eigenvalue weighted by Gasteiger charge is -2.14. The Kier molecular flexibility index (Phi) is 4.40. The summed E-state index contributed by atoms with van der Waals surface area (Å²) in [4.78, 5) is 10.2. The molecule has 7 heteroatoms. The first-order chi connectivity index (χ1) is 9.88. The first-order valence-electron chi connectivity index (χ1n) is 5.98. The molecule has 1 N–H and O–H groups in total. The predicted octanol–water partition coefficient (Wildman–Crippen LogP) is 4.23. The number of hydrogen-bond acceptors (Lipinski definition) is 4. The van der Waals surface area contributed by atoms with Gasteiger partial charge in [0.15, 0.2) is 5.75 Å². The lowest BCUT2D eigenvalue weighted by molar-refractivity contribution is -0.384. The fraction of sp³-hybridized carbons (Fsp3) is 0.143. The molecule has 110 valence electrons. The van der Waals surface area contributed by atoms with Gasteiger partial charge in [-0.15, -0.1) is 0 Å². The Morgan fingerprint density at radius 1 is 1.29 bits per heavy atom. The molecule has 0 bridgehead atoms. The van der Waals surface area contributed by atoms with E-state index in [1.165, 1.54) is 25.1 Å². The van der Waals surface area contributed by atoms with Crippen LogP contribution in [0.4, 0.5) is 10.1 Å². The number of aliphatic hydroxyl groups is 1. The number of nitrogens with zero attached hydrogens (tertiary/aromatic N) is 1. The van der Waals surface area contributed by atoms with Crippen LogP contribution in [0, 0.1) is 15.9 Å². The van der Waals surface area contributed by atoms with Gasteiger partial charge in [0.1, 0.15) is 11.6 Å². The summed E-state index contributed by atoms with van der Waals surface area (Å²) in [5.74, 6) is -0.295. The Morgan fingerprint density at radius 3 is 2.62 bits per heavy atom. The maximum atomic E-state index is 13.2. The first-order valence-corrected chi connectivity index (χ1v) is 6.35. The number of non-ortho nitro benzene ring substituents is 1. The molecule has 0 fully saturated rings. The molecular weight excluding hydrogens is 301 g/mol. The van der Waals surface area contributed by atoms with Gasteiger partial charge in [0, 0.05) is 11.6 Å². The Morgan fingerprint density at radius 2 is 2.00 bits per heavy atom. The largest absolute Gasteiger partial charge is 0.455 e. The number of halogens is 2. The van der Waals surface area contributed by atoms with Crippen molar-refractivity contribution in [3.63, 3.8) is 0 Å². The van der Waals surface area contributed by atoms with Crippen LogP contribution in [0.5, 0.6) is 11.5 Å². The van der Waals surface area contributed by atoms with Crippen LogP contribution in [0.2, 0.25) is 5.02 Å². The van der Waals surface area contributed by atoms with E-state index in [9.17, 15) is 19.6 Å². The van der Waals surface area contributed by atoms with Gasteiger partial charge >= 0.3 is 0 Å². The molecule has 5 nitrogen and oxygen atoms in total. The highest BCUT2D eigenvalue weighted by atomic mass is 35.5. The van der Waals surface area contributed by atoms with Crippen LogP contribution >= 0.6 is 11.6 Å². The van der Waals surface area contributed by atoms with E-state index in [1.807, 2.05) is 0 Å². The zero-order valence-electron chi connectivity index (χ0n) is 10.9. The van der Waals surface area contributed by atoms with Gasteiger partial charge in [0.2, 0.25) is 0 Å². The first kappa shape index (κ1) is 15.2. The smallest absolute Gasteiger partial charge is 0.273 e. The van der Waals surface area contributed by atoms with E-state index in [4.69, 9.17) is 16.3 Å². The van der Waals surface area contributed by atoms with Crippen molar-refractivity contribution >= 4 is 17.3 Å². The minimum Gasteiger partial charge on any atom is -0.455 e. The zero-order valence-corrected chi connectivity index (χ0v) is 11.7. The number of nitro benzene ring substituents is 1. The minimum atomic E-state index is -0.965. The normalized spacial score (nSPS) is 12.0. The molecule has 0 aromatic heterocycles. The van der Waals surface area contributed by atoms with E-state index >= 15 is 0 Å². The van der Waals surface area contributed by atoms with Gasteiger partial charge in [-0.25, -0.2) is 4.39 Å². The standard InChI is InChI=1S/C14H11ClFNO4/c1-8(18)11-6-9(16)2-5-13(11)21-14-7-10(17(19)20)3-4-12(14)15/h2-8,18H,1H3/t8-/m0/s1. The van der Waals surface area contributed by atoms with Crippen molar-refractivity contribution in [2.45, 2.75) is 13.0 Å². The molecule has 2 rings (SSSR count). The third-order valence-corrected chi connectivity index (χ3v) is 3.08. The van der Waals surface area contributed by atoms with Crippen LogP contribution in [0.1, 0.15) is 18.6 Å². The molecule has 0 saturated carbocycles. The number of aliphatic hydroxyl groups excluding tert-OH is 1. The van der Waals surface area contributed by atoms with Gasteiger partial charge in [0.05, 0.1) is 22.1 Å². The fourth-order valence-electron chi connectivity index (χ4n) is 1.74. The highest BCUT2D eigenvalue weighted by Crippen LogP contribution is 2.36. The summed E-state index contributed by atoms with van der Waals surface area (Å²) in [6.07, 6.45) is -0.965. The molecule has 0 saturated heterocycles. The SMILES string of the molecule is C[C@H](O)c1cc(F)ccc1Oc1cc([N+](=O)[O-])ccc1Cl. The van der Waals surface area contributed by atoms with Crippen molar-refractivity contribution in [1.82, 2.24) is 0 Å². The Hall–Kier alpha value is -2.18. The van der Waals surface area contributed by atoms with Gasteiger partial charge in [-0.1, -0.05) is 11.6 Å². The summed E-state index contributed by atoms with van der Waals surface area (Å²) in [5.41, 5.74) is 0.0349. The molecule has 0 spiro atoms. The van der Waals surface area contributed by atoms with E-state index in [0.29, 0.717) is 0 Å². The molecule has 2 aromatic rings. The van der Waals surface area contributed by atoms with Crippen molar-refractivity contribution in [3.8, 4) is 11.5 Å². The molecular formula is C14H11ClFNO4. The van der Waals surface area contributed by atoms with E-state index < -0.39 is 16.8 Å². The van der Waals surface area contributed by atoms with Crippen molar-refractivity contribution in [2.24, 2.45) is 0 Å². The predicted molar refractivity (Wildman–Crippen MR) is 75.2 cm³/mol. The monoisotopic (exact) mass is 311 g/mol. The molecule has 0 radical (unpaired) electrons. The third kappa shape index (κ3) is 3.48. The van der Waals surface area contributed by atoms with Gasteiger partial charge in [-0.2, -0.15) is 0 Å². The molecule has 0 aliphatic heterocycles. The fourth-order valence-corrected chi connectivity index (χ4v) is 1.90. The number of ether oxygens (including phenoxy) is 1. The van der Waals surface area contributed by atoms with Crippen molar-refractivity contribution in [2.75, 3.05) is 0 Å². The maximum absolute atomic E-state index is 13.2. The molecule has 21 heavy (non-hydrogen) atoms. The summed E-state index contributed by atoms with van der Waals surface area (Å²) >= 11 is 5.93. The van der Waals surface area contributed by atoms with Gasteiger partial charge < -0.3 is 9.84 Å². The Bertz CT molecular complexity index is 691. The molecule has 0 amide bonds. The second kappa shape index (κ2) is 6.07. The van der Waals surface area contributed by atoms with E-state index in [1.54, 1.807) is 0 Å². The molecule has 0 heterocycles. The van der Waals surface area contributed by atoms with Gasteiger partial charge in [-0.05, 0) is 31.2 Å². The average molecular weight is 312 g/mol. The zero-order chi connectivity index (χ0) is 15.6. The van der Waals surface area contributed by atoms with Crippen LogP contribution in [-0.2, 0) is 0 Å². The Labute approximate surface area is 124 Å². The summed E-state index contributed by atoms with van der Waals surface area (Å²) in [6.45, 7) is 1.46. The Balaban J connectivity index is 2.43. The highest BCUT2D eigenvalue weighted by molar-refractivity contribution is 6.32. The summed E-state index contributed by atoms with van der Waals surface area (Å²) in [7, 11) is 0. The van der Waals surface area contributed by atoms with E-state index in [0.717, 1.165) is 18.2 Å². The number of nitro groups is 1. The van der Waals surface area contributed by atoms with Crippen molar-refractivity contribution in [1.29, 1.82) is 0 Å². The molecule has 1 atom stereocenters. The summed E-state index contributed by atoms with van der Waals surface area (Å²) < 4.78 is 18.7. The maximum Gasteiger partial charge on any atom is 0.273 e. The second-order valence-corrected chi connectivity index (χ2v) is 4.74. The van der Waals surface area contributed by atoms with Crippen molar-refractivity contribution < 1.29 is 19.2 Å². The number of benzene rings is 2. The van der Waals surface area contributed by atoms with E-state index in [2.05, 4.69) is 0 Å². The summed E-state index contributed by atoms with van der Waals surface area (Å²) in [5, 5.41) is 20.6. The van der Waals surface area contributed by atoms with Crippen LogP contribution < -0.4 is 4.74 Å². The topological polar surface area (TPSA) is 72.6 Å². The lowest BCUT2D eigenvalue weighted by Crippen LogP contribution is -1.98. The highest BCUT2D eigenvalue weighted by Gasteiger charge is 2.15. The lowest BCUT2D eigenvalue weighted by atomic mass is 10.1. The number of rotatable bonds is 4. The third-order valence-electron chi connectivity index (χ3n) is 2.77. The quantitative estimate of drug-likeness (QED) is 0.677.